The van der Waals surface area contributed by atoms with Crippen LogP contribution in [0.2, 0.25) is 0 Å². The van der Waals surface area contributed by atoms with E-state index in [0.29, 0.717) is 5.82 Å². The van der Waals surface area contributed by atoms with Crippen molar-refractivity contribution in [3.63, 3.8) is 0 Å². The second-order valence-electron chi connectivity index (χ2n) is 4.58. The molecule has 0 spiro atoms. The molecule has 8 nitrogen and oxygen atoms in total. The van der Waals surface area contributed by atoms with E-state index in [0.717, 1.165) is 11.3 Å². The van der Waals surface area contributed by atoms with Gasteiger partial charge in [-0.3, -0.25) is 10.1 Å². The van der Waals surface area contributed by atoms with E-state index in [1.54, 1.807) is 31.2 Å². The van der Waals surface area contributed by atoms with E-state index in [9.17, 15) is 14.9 Å². The predicted octanol–water partition coefficient (Wildman–Crippen LogP) is 3.06. The summed E-state index contributed by atoms with van der Waals surface area (Å²) >= 11 is 0. The number of nitrogens with zero attached hydrogens (tertiary/aromatic N) is 2. The fraction of sp³-hybridized carbons (Fsp3) is 0.143. The number of pyridine rings is 1. The number of hydrogen-bond acceptors (Lipinski definition) is 5. The van der Waals surface area contributed by atoms with Crippen LogP contribution < -0.4 is 10.6 Å². The zero-order chi connectivity index (χ0) is 16.1. The second-order valence-corrected chi connectivity index (χ2v) is 4.58. The van der Waals surface area contributed by atoms with E-state index in [-0.39, 0.29) is 11.7 Å². The minimum absolute atomic E-state index is 0.0746. The van der Waals surface area contributed by atoms with Gasteiger partial charge in [0.05, 0.1) is 11.0 Å². The van der Waals surface area contributed by atoms with Crippen molar-refractivity contribution in [2.45, 2.75) is 13.0 Å². The van der Waals surface area contributed by atoms with Crippen LogP contribution in [0.25, 0.3) is 0 Å². The number of nitrogens with one attached hydrogen (secondary N) is 2. The van der Waals surface area contributed by atoms with E-state index >= 15 is 0 Å². The van der Waals surface area contributed by atoms with Crippen LogP contribution in [0.3, 0.4) is 0 Å². The van der Waals surface area contributed by atoms with Gasteiger partial charge in [0.1, 0.15) is 12.0 Å². The van der Waals surface area contributed by atoms with Gasteiger partial charge in [0.25, 0.3) is 5.69 Å². The summed E-state index contributed by atoms with van der Waals surface area (Å²) in [4.78, 5) is 24.6. The summed E-state index contributed by atoms with van der Waals surface area (Å²) in [5, 5.41) is 24.6. The van der Waals surface area contributed by atoms with Crippen LogP contribution >= 0.6 is 0 Å². The lowest BCUT2D eigenvalue weighted by molar-refractivity contribution is -0.385. The number of hydrogen-bond donors (Lipinski definition) is 3. The van der Waals surface area contributed by atoms with Crippen LogP contribution in [0, 0.1) is 10.1 Å². The molecule has 1 aromatic heterocycles. The summed E-state index contributed by atoms with van der Waals surface area (Å²) in [7, 11) is 0. The number of carboxylic acid groups (broad SMARTS) is 1. The molecule has 8 heteroatoms. The summed E-state index contributed by atoms with van der Waals surface area (Å²) in [6.45, 7) is 1.74. The maximum absolute atomic E-state index is 10.6. The van der Waals surface area contributed by atoms with Crippen molar-refractivity contribution in [3.05, 3.63) is 58.3 Å². The van der Waals surface area contributed by atoms with Crippen molar-refractivity contribution in [2.75, 3.05) is 5.32 Å². The summed E-state index contributed by atoms with van der Waals surface area (Å²) < 4.78 is 0. The molecule has 2 aromatic rings. The van der Waals surface area contributed by atoms with Gasteiger partial charge in [0.15, 0.2) is 0 Å². The number of aromatic nitrogens is 1. The van der Waals surface area contributed by atoms with E-state index in [1.165, 1.54) is 18.3 Å². The summed E-state index contributed by atoms with van der Waals surface area (Å²) in [6.07, 6.45) is 0.0972. The lowest BCUT2D eigenvalue weighted by Crippen LogP contribution is -2.24. The molecule has 0 aliphatic heterocycles. The first-order valence-corrected chi connectivity index (χ1v) is 6.42. The summed E-state index contributed by atoms with van der Waals surface area (Å²) in [6, 6.07) is 9.69. The van der Waals surface area contributed by atoms with Crippen LogP contribution in [0.4, 0.5) is 22.0 Å². The first-order chi connectivity index (χ1) is 10.5. The van der Waals surface area contributed by atoms with Crippen molar-refractivity contribution in [2.24, 2.45) is 0 Å². The minimum atomic E-state index is -1.08. The van der Waals surface area contributed by atoms with Gasteiger partial charge in [-0.2, -0.15) is 0 Å². The first-order valence-electron chi connectivity index (χ1n) is 6.42. The van der Waals surface area contributed by atoms with Crippen molar-refractivity contribution in [3.8, 4) is 0 Å². The summed E-state index contributed by atoms with van der Waals surface area (Å²) in [5.41, 5.74) is 1.49. The Balaban J connectivity index is 2.04. The topological polar surface area (TPSA) is 117 Å². The van der Waals surface area contributed by atoms with E-state index in [2.05, 4.69) is 15.6 Å². The van der Waals surface area contributed by atoms with Crippen LogP contribution in [0.5, 0.6) is 0 Å². The Kier molecular flexibility index (Phi) is 4.52. The average molecular weight is 302 g/mol. The maximum atomic E-state index is 10.6. The Morgan fingerprint density at radius 2 is 1.95 bits per heavy atom. The van der Waals surface area contributed by atoms with Crippen molar-refractivity contribution in [1.82, 2.24) is 10.3 Å². The van der Waals surface area contributed by atoms with Crippen LogP contribution in [0.15, 0.2) is 42.6 Å². The molecule has 1 heterocycles. The molecule has 0 aliphatic rings. The van der Waals surface area contributed by atoms with Gasteiger partial charge in [-0.05, 0) is 30.7 Å². The Labute approximate surface area is 126 Å². The highest BCUT2D eigenvalue weighted by atomic mass is 16.6. The van der Waals surface area contributed by atoms with E-state index in [4.69, 9.17) is 5.11 Å². The quantitative estimate of drug-likeness (QED) is 0.577. The van der Waals surface area contributed by atoms with Gasteiger partial charge in [0, 0.05) is 11.8 Å². The van der Waals surface area contributed by atoms with E-state index < -0.39 is 11.0 Å². The zero-order valence-corrected chi connectivity index (χ0v) is 11.7. The molecule has 0 fully saturated rings. The molecule has 0 radical (unpaired) electrons. The van der Waals surface area contributed by atoms with E-state index in [1.807, 2.05) is 0 Å². The van der Waals surface area contributed by atoms with Gasteiger partial charge >= 0.3 is 6.09 Å². The second kappa shape index (κ2) is 6.53. The smallest absolute Gasteiger partial charge is 0.405 e. The Morgan fingerprint density at radius 1 is 1.27 bits per heavy atom. The van der Waals surface area contributed by atoms with Crippen molar-refractivity contribution < 1.29 is 14.8 Å². The fourth-order valence-electron chi connectivity index (χ4n) is 1.84. The highest BCUT2D eigenvalue weighted by Crippen LogP contribution is 2.20. The SMILES string of the molecule is CC(NC(=O)O)c1ccc(Nc2ccc([N+](=O)[O-])cn2)cc1. The first kappa shape index (κ1) is 15.2. The van der Waals surface area contributed by atoms with Gasteiger partial charge < -0.3 is 15.7 Å². The highest BCUT2D eigenvalue weighted by molar-refractivity contribution is 5.65. The highest BCUT2D eigenvalue weighted by Gasteiger charge is 2.08. The Bertz CT molecular complexity index is 670. The molecule has 0 bridgehead atoms. The molecular formula is C14H14N4O4. The molecule has 22 heavy (non-hydrogen) atoms. The molecule has 1 aromatic carbocycles. The molecule has 114 valence electrons. The molecular weight excluding hydrogens is 288 g/mol. The molecule has 0 saturated carbocycles. The average Bonchev–Trinajstić information content (AvgIpc) is 2.48. The third kappa shape index (κ3) is 3.92. The normalized spacial score (nSPS) is 11.5. The third-order valence-electron chi connectivity index (χ3n) is 2.98. The Hall–Kier alpha value is -3.16. The summed E-state index contributed by atoms with van der Waals surface area (Å²) in [5.74, 6) is 0.482. The standard InChI is InChI=1S/C14H14N4O4/c1-9(16-14(19)20)10-2-4-11(5-3-10)17-13-7-6-12(8-15-13)18(21)22/h2-9,16H,1H3,(H,15,17)(H,19,20). The van der Waals surface area contributed by atoms with Gasteiger partial charge in [0.2, 0.25) is 0 Å². The van der Waals surface area contributed by atoms with Gasteiger partial charge in [-0.15, -0.1) is 0 Å². The lowest BCUT2D eigenvalue weighted by Gasteiger charge is -2.12. The number of carbonyl (C=O) groups is 1. The molecule has 2 rings (SSSR count). The minimum Gasteiger partial charge on any atom is -0.465 e. The monoisotopic (exact) mass is 302 g/mol. The molecule has 1 amide bonds. The third-order valence-corrected chi connectivity index (χ3v) is 2.98. The number of anilines is 2. The van der Waals surface area contributed by atoms with Crippen molar-refractivity contribution in [1.29, 1.82) is 0 Å². The zero-order valence-electron chi connectivity index (χ0n) is 11.7. The van der Waals surface area contributed by atoms with Crippen LogP contribution in [-0.2, 0) is 0 Å². The lowest BCUT2D eigenvalue weighted by atomic mass is 10.1. The number of rotatable bonds is 5. The Morgan fingerprint density at radius 3 is 2.45 bits per heavy atom. The number of amides is 1. The molecule has 1 unspecified atom stereocenters. The largest absolute Gasteiger partial charge is 0.465 e. The molecule has 0 aliphatic carbocycles. The van der Waals surface area contributed by atoms with Crippen LogP contribution in [0.1, 0.15) is 18.5 Å². The molecule has 3 N–H and O–H groups in total. The fourth-order valence-corrected chi connectivity index (χ4v) is 1.84. The molecule has 0 saturated heterocycles. The molecule has 1 atom stereocenters. The van der Waals surface area contributed by atoms with Gasteiger partial charge in [-0.25, -0.2) is 9.78 Å². The maximum Gasteiger partial charge on any atom is 0.405 e. The predicted molar refractivity (Wildman–Crippen MR) is 80.2 cm³/mol. The van der Waals surface area contributed by atoms with Gasteiger partial charge in [-0.1, -0.05) is 12.1 Å². The number of benzene rings is 1. The van der Waals surface area contributed by atoms with Crippen molar-refractivity contribution >= 4 is 23.3 Å². The van der Waals surface area contributed by atoms with Crippen LogP contribution in [-0.4, -0.2) is 21.1 Å². The number of nitro groups is 1.